The fourth-order valence-electron chi connectivity index (χ4n) is 1.92. The Morgan fingerprint density at radius 2 is 1.75 bits per heavy atom. The Labute approximate surface area is 123 Å². The number of nitrogens with one attached hydrogen (secondary N) is 1. The van der Waals surface area contributed by atoms with Crippen molar-refractivity contribution in [3.63, 3.8) is 0 Å². The van der Waals surface area contributed by atoms with E-state index in [-0.39, 0.29) is 5.91 Å². The van der Waals surface area contributed by atoms with E-state index in [1.807, 2.05) is 48.5 Å². The molecule has 0 aliphatic heterocycles. The second-order valence-corrected chi connectivity index (χ2v) is 5.25. The molecule has 0 radical (unpaired) electrons. The van der Waals surface area contributed by atoms with E-state index in [0.29, 0.717) is 11.6 Å². The summed E-state index contributed by atoms with van der Waals surface area (Å²) in [6.07, 6.45) is 0. The quantitative estimate of drug-likeness (QED) is 0.909. The van der Waals surface area contributed by atoms with E-state index in [0.717, 1.165) is 11.1 Å². The molecule has 0 heterocycles. The minimum absolute atomic E-state index is 0.233. The predicted octanol–water partition coefficient (Wildman–Crippen LogP) is 2.83. The molecule has 1 amide bonds. The number of hydrogen-bond acceptors (Lipinski definition) is 2. The van der Waals surface area contributed by atoms with Gasteiger partial charge in [-0.15, -0.1) is 0 Å². The number of hydrogen-bond donors (Lipinski definition) is 2. The number of carbonyl (C=O) groups excluding carboxylic acids is 1. The van der Waals surface area contributed by atoms with Gasteiger partial charge in [0.2, 0.25) is 5.91 Å². The minimum Gasteiger partial charge on any atom is -0.350 e. The highest BCUT2D eigenvalue weighted by atomic mass is 35.5. The molecule has 0 saturated carbocycles. The zero-order chi connectivity index (χ0) is 14.6. The Morgan fingerprint density at radius 1 is 1.15 bits per heavy atom. The van der Waals surface area contributed by atoms with Gasteiger partial charge in [-0.25, -0.2) is 0 Å². The van der Waals surface area contributed by atoms with Crippen LogP contribution in [-0.2, 0) is 16.9 Å². The van der Waals surface area contributed by atoms with Gasteiger partial charge in [0.05, 0.1) is 0 Å². The van der Waals surface area contributed by atoms with Crippen LogP contribution in [0.25, 0.3) is 0 Å². The van der Waals surface area contributed by atoms with Crippen molar-refractivity contribution in [2.75, 3.05) is 0 Å². The predicted molar refractivity (Wildman–Crippen MR) is 81.3 cm³/mol. The molecule has 0 spiro atoms. The number of benzene rings is 2. The molecule has 2 aromatic rings. The molecule has 0 saturated heterocycles. The summed E-state index contributed by atoms with van der Waals surface area (Å²) in [5, 5.41) is 3.46. The highest BCUT2D eigenvalue weighted by Gasteiger charge is 2.29. The summed E-state index contributed by atoms with van der Waals surface area (Å²) in [6, 6.07) is 16.7. The monoisotopic (exact) mass is 288 g/mol. The van der Waals surface area contributed by atoms with Gasteiger partial charge < -0.3 is 11.1 Å². The van der Waals surface area contributed by atoms with E-state index in [2.05, 4.69) is 5.32 Å². The lowest BCUT2D eigenvalue weighted by molar-refractivity contribution is -0.126. The van der Waals surface area contributed by atoms with Gasteiger partial charge in [-0.05, 0) is 24.1 Å². The maximum atomic E-state index is 12.3. The average molecular weight is 289 g/mol. The van der Waals surface area contributed by atoms with Gasteiger partial charge in [-0.2, -0.15) is 0 Å². The molecule has 0 fully saturated rings. The largest absolute Gasteiger partial charge is 0.350 e. The molecule has 0 bridgehead atoms. The van der Waals surface area contributed by atoms with E-state index in [4.69, 9.17) is 17.3 Å². The van der Waals surface area contributed by atoms with Crippen molar-refractivity contribution in [2.45, 2.75) is 19.0 Å². The van der Waals surface area contributed by atoms with Crippen LogP contribution in [0.4, 0.5) is 0 Å². The van der Waals surface area contributed by atoms with Crippen LogP contribution in [0.2, 0.25) is 5.02 Å². The van der Waals surface area contributed by atoms with Crippen molar-refractivity contribution in [1.29, 1.82) is 0 Å². The van der Waals surface area contributed by atoms with Gasteiger partial charge in [0, 0.05) is 11.6 Å². The van der Waals surface area contributed by atoms with Crippen LogP contribution in [0.1, 0.15) is 18.1 Å². The lowest BCUT2D eigenvalue weighted by Gasteiger charge is -2.24. The van der Waals surface area contributed by atoms with Crippen molar-refractivity contribution < 1.29 is 4.79 Å². The second-order valence-electron chi connectivity index (χ2n) is 4.84. The van der Waals surface area contributed by atoms with Crippen molar-refractivity contribution in [2.24, 2.45) is 5.73 Å². The van der Waals surface area contributed by atoms with Crippen molar-refractivity contribution in [3.05, 3.63) is 70.7 Å². The molecule has 0 aromatic heterocycles. The van der Waals surface area contributed by atoms with E-state index >= 15 is 0 Å². The Balaban J connectivity index is 2.07. The molecule has 3 nitrogen and oxygen atoms in total. The normalized spacial score (nSPS) is 13.6. The Kier molecular flexibility index (Phi) is 4.42. The third-order valence-corrected chi connectivity index (χ3v) is 3.61. The first-order valence-electron chi connectivity index (χ1n) is 6.38. The van der Waals surface area contributed by atoms with E-state index in [1.165, 1.54) is 0 Å². The van der Waals surface area contributed by atoms with Gasteiger partial charge in [0.15, 0.2) is 0 Å². The first kappa shape index (κ1) is 14.6. The molecule has 1 unspecified atom stereocenters. The smallest absolute Gasteiger partial charge is 0.244 e. The van der Waals surface area contributed by atoms with E-state index < -0.39 is 5.54 Å². The third kappa shape index (κ3) is 3.18. The second kappa shape index (κ2) is 6.07. The summed E-state index contributed by atoms with van der Waals surface area (Å²) in [7, 11) is 0. The molecule has 3 N–H and O–H groups in total. The molecule has 2 rings (SSSR count). The van der Waals surface area contributed by atoms with Crippen LogP contribution < -0.4 is 11.1 Å². The fourth-order valence-corrected chi connectivity index (χ4v) is 2.12. The Hall–Kier alpha value is -1.84. The van der Waals surface area contributed by atoms with Crippen LogP contribution in [0.5, 0.6) is 0 Å². The lowest BCUT2D eigenvalue weighted by Crippen LogP contribution is -2.48. The van der Waals surface area contributed by atoms with Gasteiger partial charge in [0.1, 0.15) is 5.54 Å². The van der Waals surface area contributed by atoms with E-state index in [9.17, 15) is 4.79 Å². The molecule has 1 atom stereocenters. The molecular formula is C16H17ClN2O. The Bertz CT molecular complexity index is 596. The highest BCUT2D eigenvalue weighted by molar-refractivity contribution is 6.31. The summed E-state index contributed by atoms with van der Waals surface area (Å²) in [5.74, 6) is -0.233. The van der Waals surface area contributed by atoms with Crippen LogP contribution in [0.15, 0.2) is 54.6 Å². The maximum Gasteiger partial charge on any atom is 0.244 e. The van der Waals surface area contributed by atoms with Crippen LogP contribution in [-0.4, -0.2) is 5.91 Å². The summed E-state index contributed by atoms with van der Waals surface area (Å²) >= 11 is 6.06. The fraction of sp³-hybridized carbons (Fsp3) is 0.188. The van der Waals surface area contributed by atoms with Crippen LogP contribution in [0.3, 0.4) is 0 Å². The SMILES string of the molecule is CC(N)(C(=O)NCc1ccccc1Cl)c1ccccc1. The average Bonchev–Trinajstić information content (AvgIpc) is 2.47. The first-order valence-corrected chi connectivity index (χ1v) is 6.75. The lowest BCUT2D eigenvalue weighted by atomic mass is 9.92. The number of rotatable bonds is 4. The molecular weight excluding hydrogens is 272 g/mol. The number of carbonyl (C=O) groups is 1. The molecule has 0 aliphatic carbocycles. The number of nitrogens with two attached hydrogens (primary N) is 1. The standard InChI is InChI=1S/C16H17ClN2O/c1-16(18,13-8-3-2-4-9-13)15(20)19-11-12-7-5-6-10-14(12)17/h2-10H,11,18H2,1H3,(H,19,20). The first-order chi connectivity index (χ1) is 9.51. The van der Waals surface area contributed by atoms with Crippen molar-refractivity contribution >= 4 is 17.5 Å². The summed E-state index contributed by atoms with van der Waals surface area (Å²) in [5.41, 5.74) is 6.71. The van der Waals surface area contributed by atoms with E-state index in [1.54, 1.807) is 13.0 Å². The van der Waals surface area contributed by atoms with Crippen molar-refractivity contribution in [1.82, 2.24) is 5.32 Å². The van der Waals surface area contributed by atoms with Crippen molar-refractivity contribution in [3.8, 4) is 0 Å². The summed E-state index contributed by atoms with van der Waals surface area (Å²) in [4.78, 5) is 12.3. The van der Waals surface area contributed by atoms with Gasteiger partial charge in [0.25, 0.3) is 0 Å². The molecule has 4 heteroatoms. The van der Waals surface area contributed by atoms with Gasteiger partial charge in [-0.3, -0.25) is 4.79 Å². The minimum atomic E-state index is -1.07. The number of amides is 1. The zero-order valence-electron chi connectivity index (χ0n) is 11.3. The molecule has 2 aromatic carbocycles. The van der Waals surface area contributed by atoms with Crippen LogP contribution in [0, 0.1) is 0 Å². The van der Waals surface area contributed by atoms with Gasteiger partial charge in [-0.1, -0.05) is 60.1 Å². The summed E-state index contributed by atoms with van der Waals surface area (Å²) in [6.45, 7) is 2.06. The van der Waals surface area contributed by atoms with Crippen LogP contribution >= 0.6 is 11.6 Å². The third-order valence-electron chi connectivity index (χ3n) is 3.24. The highest BCUT2D eigenvalue weighted by Crippen LogP contribution is 2.19. The maximum absolute atomic E-state index is 12.3. The summed E-state index contributed by atoms with van der Waals surface area (Å²) < 4.78 is 0. The zero-order valence-corrected chi connectivity index (χ0v) is 12.0. The molecule has 20 heavy (non-hydrogen) atoms. The molecule has 0 aliphatic rings. The molecule has 104 valence electrons. The topological polar surface area (TPSA) is 55.1 Å². The Morgan fingerprint density at radius 3 is 2.40 bits per heavy atom. The van der Waals surface area contributed by atoms with Gasteiger partial charge >= 0.3 is 0 Å². The number of halogens is 1.